The van der Waals surface area contributed by atoms with Crippen LogP contribution in [-0.2, 0) is 19.1 Å². The van der Waals surface area contributed by atoms with Crippen LogP contribution in [0.4, 0.5) is 0 Å². The Labute approximate surface area is 77.5 Å². The van der Waals surface area contributed by atoms with Gasteiger partial charge in [0.25, 0.3) is 0 Å². The molecule has 4 nitrogen and oxygen atoms in total. The summed E-state index contributed by atoms with van der Waals surface area (Å²) in [5.41, 5.74) is 0. The van der Waals surface area contributed by atoms with E-state index in [0.717, 1.165) is 0 Å². The van der Waals surface area contributed by atoms with E-state index in [1.165, 1.54) is 6.92 Å². The van der Waals surface area contributed by atoms with Crippen LogP contribution in [0.15, 0.2) is 12.2 Å². The second-order valence-corrected chi connectivity index (χ2v) is 2.31. The van der Waals surface area contributed by atoms with Gasteiger partial charge in [0.05, 0.1) is 0 Å². The average molecular weight is 186 g/mol. The highest BCUT2D eigenvalue weighted by Crippen LogP contribution is 1.85. The van der Waals surface area contributed by atoms with Crippen molar-refractivity contribution in [1.29, 1.82) is 0 Å². The standard InChI is InChI=1S/C9H14O4/c1-3-9(11)13-7-5-4-6-12-8(2)10/h4-5H,3,6-7H2,1-2H3. The maximum atomic E-state index is 10.6. The summed E-state index contributed by atoms with van der Waals surface area (Å²) in [7, 11) is 0. The van der Waals surface area contributed by atoms with Crippen LogP contribution >= 0.6 is 0 Å². The number of esters is 2. The Morgan fingerprint density at radius 1 is 1.15 bits per heavy atom. The average Bonchev–Trinajstić information content (AvgIpc) is 2.10. The van der Waals surface area contributed by atoms with E-state index >= 15 is 0 Å². The van der Waals surface area contributed by atoms with Crippen LogP contribution in [0.2, 0.25) is 0 Å². The fraction of sp³-hybridized carbons (Fsp3) is 0.556. The molecule has 0 aromatic rings. The molecule has 0 saturated heterocycles. The molecule has 0 amide bonds. The second-order valence-electron chi connectivity index (χ2n) is 2.31. The van der Waals surface area contributed by atoms with Gasteiger partial charge >= 0.3 is 11.9 Å². The fourth-order valence-electron chi connectivity index (χ4n) is 0.545. The Bertz CT molecular complexity index is 196. The molecule has 0 N–H and O–H groups in total. The van der Waals surface area contributed by atoms with Gasteiger partial charge in [-0.3, -0.25) is 9.59 Å². The lowest BCUT2D eigenvalue weighted by Gasteiger charge is -1.97. The van der Waals surface area contributed by atoms with Crippen molar-refractivity contribution in [3.8, 4) is 0 Å². The molecule has 4 heteroatoms. The predicted molar refractivity (Wildman–Crippen MR) is 47.0 cm³/mol. The zero-order chi connectivity index (χ0) is 10.1. The van der Waals surface area contributed by atoms with Crippen molar-refractivity contribution < 1.29 is 19.1 Å². The van der Waals surface area contributed by atoms with Gasteiger partial charge in [-0.15, -0.1) is 0 Å². The summed E-state index contributed by atoms with van der Waals surface area (Å²) in [6, 6.07) is 0. The minimum atomic E-state index is -0.324. The molecule has 0 saturated carbocycles. The first-order valence-electron chi connectivity index (χ1n) is 4.10. The van der Waals surface area contributed by atoms with Crippen LogP contribution in [0, 0.1) is 0 Å². The molecule has 0 radical (unpaired) electrons. The number of hydrogen-bond donors (Lipinski definition) is 0. The van der Waals surface area contributed by atoms with Crippen molar-refractivity contribution in [2.75, 3.05) is 13.2 Å². The van der Waals surface area contributed by atoms with Crippen LogP contribution in [0.3, 0.4) is 0 Å². The first kappa shape index (κ1) is 11.7. The third-order valence-electron chi connectivity index (χ3n) is 1.18. The van der Waals surface area contributed by atoms with Crippen molar-refractivity contribution in [2.45, 2.75) is 20.3 Å². The largest absolute Gasteiger partial charge is 0.462 e. The lowest BCUT2D eigenvalue weighted by Crippen LogP contribution is -2.02. The number of hydrogen-bond acceptors (Lipinski definition) is 4. The smallest absolute Gasteiger partial charge is 0.305 e. The van der Waals surface area contributed by atoms with Crippen molar-refractivity contribution in [3.05, 3.63) is 12.2 Å². The van der Waals surface area contributed by atoms with Crippen LogP contribution in [-0.4, -0.2) is 25.2 Å². The lowest BCUT2D eigenvalue weighted by atomic mass is 10.5. The quantitative estimate of drug-likeness (QED) is 0.476. The van der Waals surface area contributed by atoms with Gasteiger partial charge in [0, 0.05) is 13.3 Å². The van der Waals surface area contributed by atoms with E-state index in [0.29, 0.717) is 6.42 Å². The number of ether oxygens (including phenoxy) is 2. The van der Waals surface area contributed by atoms with Gasteiger partial charge in [-0.2, -0.15) is 0 Å². The Kier molecular flexibility index (Phi) is 6.59. The first-order chi connectivity index (χ1) is 6.16. The number of rotatable bonds is 5. The van der Waals surface area contributed by atoms with Gasteiger partial charge < -0.3 is 9.47 Å². The third kappa shape index (κ3) is 8.59. The minimum Gasteiger partial charge on any atom is -0.462 e. The van der Waals surface area contributed by atoms with E-state index in [9.17, 15) is 9.59 Å². The summed E-state index contributed by atoms with van der Waals surface area (Å²) in [5.74, 6) is -0.563. The molecule has 0 aliphatic carbocycles. The normalized spacial score (nSPS) is 10.0. The summed E-state index contributed by atoms with van der Waals surface area (Å²) in [5, 5.41) is 0. The third-order valence-corrected chi connectivity index (χ3v) is 1.18. The maximum absolute atomic E-state index is 10.6. The molecule has 0 bridgehead atoms. The highest BCUT2D eigenvalue weighted by molar-refractivity contribution is 5.68. The number of carbonyl (C=O) groups excluding carboxylic acids is 2. The van der Waals surface area contributed by atoms with Gasteiger partial charge in [-0.1, -0.05) is 6.92 Å². The number of carbonyl (C=O) groups is 2. The molecule has 0 unspecified atom stereocenters. The monoisotopic (exact) mass is 186 g/mol. The van der Waals surface area contributed by atoms with E-state index in [1.807, 2.05) is 0 Å². The Morgan fingerprint density at radius 2 is 1.69 bits per heavy atom. The predicted octanol–water partition coefficient (Wildman–Crippen LogP) is 1.06. The molecule has 0 aromatic carbocycles. The summed E-state index contributed by atoms with van der Waals surface area (Å²) < 4.78 is 9.34. The molecule has 0 fully saturated rings. The highest BCUT2D eigenvalue weighted by atomic mass is 16.5. The van der Waals surface area contributed by atoms with Crippen molar-refractivity contribution in [2.24, 2.45) is 0 Å². The van der Waals surface area contributed by atoms with Crippen LogP contribution in [0.5, 0.6) is 0 Å². The fourth-order valence-corrected chi connectivity index (χ4v) is 0.545. The summed E-state index contributed by atoms with van der Waals surface area (Å²) >= 11 is 0. The Hall–Kier alpha value is -1.32. The first-order valence-corrected chi connectivity index (χ1v) is 4.10. The molecular weight excluding hydrogens is 172 g/mol. The summed E-state index contributed by atoms with van der Waals surface area (Å²) in [4.78, 5) is 20.9. The maximum Gasteiger partial charge on any atom is 0.305 e. The molecule has 0 spiro atoms. The molecule has 0 aliphatic heterocycles. The van der Waals surface area contributed by atoms with E-state index in [4.69, 9.17) is 4.74 Å². The molecule has 74 valence electrons. The van der Waals surface area contributed by atoms with Gasteiger partial charge in [-0.25, -0.2) is 0 Å². The van der Waals surface area contributed by atoms with Gasteiger partial charge in [0.1, 0.15) is 13.2 Å². The minimum absolute atomic E-state index is 0.221. The molecule has 0 rings (SSSR count). The molecule has 0 atom stereocenters. The lowest BCUT2D eigenvalue weighted by molar-refractivity contribution is -0.142. The van der Waals surface area contributed by atoms with Crippen LogP contribution < -0.4 is 0 Å². The summed E-state index contributed by atoms with van der Waals surface area (Å²) in [6.45, 7) is 3.52. The summed E-state index contributed by atoms with van der Waals surface area (Å²) in [6.07, 6.45) is 3.64. The zero-order valence-electron chi connectivity index (χ0n) is 7.91. The van der Waals surface area contributed by atoms with Crippen molar-refractivity contribution in [1.82, 2.24) is 0 Å². The topological polar surface area (TPSA) is 52.6 Å². The second kappa shape index (κ2) is 7.34. The zero-order valence-corrected chi connectivity index (χ0v) is 7.91. The molecule has 0 aromatic heterocycles. The van der Waals surface area contributed by atoms with E-state index < -0.39 is 0 Å². The van der Waals surface area contributed by atoms with Crippen LogP contribution in [0.1, 0.15) is 20.3 Å². The Morgan fingerprint density at radius 3 is 2.15 bits per heavy atom. The molecule has 0 aliphatic rings. The van der Waals surface area contributed by atoms with Crippen molar-refractivity contribution in [3.63, 3.8) is 0 Å². The molecular formula is C9H14O4. The molecule has 0 heterocycles. The van der Waals surface area contributed by atoms with E-state index in [2.05, 4.69) is 4.74 Å². The van der Waals surface area contributed by atoms with E-state index in [-0.39, 0.29) is 25.2 Å². The van der Waals surface area contributed by atoms with Crippen molar-refractivity contribution >= 4 is 11.9 Å². The molecule has 13 heavy (non-hydrogen) atoms. The van der Waals surface area contributed by atoms with Gasteiger partial charge in [-0.05, 0) is 12.2 Å². The Balaban J connectivity index is 3.31. The SMILES string of the molecule is CCC(=O)OCC=CCOC(C)=O. The van der Waals surface area contributed by atoms with E-state index in [1.54, 1.807) is 19.1 Å². The highest BCUT2D eigenvalue weighted by Gasteiger charge is 1.93. The van der Waals surface area contributed by atoms with Crippen LogP contribution in [0.25, 0.3) is 0 Å². The van der Waals surface area contributed by atoms with Gasteiger partial charge in [0.2, 0.25) is 0 Å². The van der Waals surface area contributed by atoms with Gasteiger partial charge in [0.15, 0.2) is 0 Å².